The highest BCUT2D eigenvalue weighted by Crippen LogP contribution is 2.29. The second-order valence-electron chi connectivity index (χ2n) is 7.43. The van der Waals surface area contributed by atoms with Gasteiger partial charge in [0.1, 0.15) is 12.4 Å². The number of hydrogen-bond acceptors (Lipinski definition) is 5. The molecule has 1 fully saturated rings. The van der Waals surface area contributed by atoms with E-state index in [4.69, 9.17) is 4.74 Å². The minimum atomic E-state index is 0.423. The second kappa shape index (κ2) is 7.22. The lowest BCUT2D eigenvalue weighted by Gasteiger charge is -2.26. The van der Waals surface area contributed by atoms with Crippen LogP contribution in [0.15, 0.2) is 18.3 Å². The highest BCUT2D eigenvalue weighted by Gasteiger charge is 2.25. The highest BCUT2D eigenvalue weighted by molar-refractivity contribution is 5.17. The summed E-state index contributed by atoms with van der Waals surface area (Å²) in [4.78, 5) is 7.06. The Balaban J connectivity index is 1.42. The largest absolute Gasteiger partial charge is 0.373 e. The fourth-order valence-electron chi connectivity index (χ4n) is 3.44. The fourth-order valence-corrected chi connectivity index (χ4v) is 3.44. The van der Waals surface area contributed by atoms with Crippen LogP contribution < -0.4 is 0 Å². The molecule has 2 aromatic rings. The molecular formula is C19H27N5O. The molecule has 134 valence electrons. The van der Waals surface area contributed by atoms with Crippen LogP contribution in [-0.2, 0) is 30.9 Å². The van der Waals surface area contributed by atoms with Crippen LogP contribution in [-0.4, -0.2) is 43.8 Å². The number of fused-ring (bicyclic) bond motifs is 1. The Morgan fingerprint density at radius 2 is 2.12 bits per heavy atom. The lowest BCUT2D eigenvalue weighted by molar-refractivity contribution is 0.103. The molecule has 4 rings (SSSR count). The molecule has 3 heterocycles. The smallest absolute Gasteiger partial charge is 0.159 e. The number of hydrogen-bond donors (Lipinski definition) is 0. The summed E-state index contributed by atoms with van der Waals surface area (Å²) in [5.41, 5.74) is 2.42. The van der Waals surface area contributed by atoms with Gasteiger partial charge in [-0.25, -0.2) is 0 Å². The molecule has 6 heteroatoms. The summed E-state index contributed by atoms with van der Waals surface area (Å²) >= 11 is 0. The first-order chi connectivity index (χ1) is 12.2. The quantitative estimate of drug-likeness (QED) is 0.807. The van der Waals surface area contributed by atoms with E-state index in [2.05, 4.69) is 44.6 Å². The summed E-state index contributed by atoms with van der Waals surface area (Å²) in [6.45, 7) is 8.64. The lowest BCUT2D eigenvalue weighted by Crippen LogP contribution is -2.34. The molecule has 6 nitrogen and oxygen atoms in total. The minimum absolute atomic E-state index is 0.423. The Morgan fingerprint density at radius 3 is 2.92 bits per heavy atom. The number of ether oxygens (including phenoxy) is 1. The highest BCUT2D eigenvalue weighted by atomic mass is 16.5. The van der Waals surface area contributed by atoms with Gasteiger partial charge in [0.2, 0.25) is 0 Å². The van der Waals surface area contributed by atoms with E-state index in [1.54, 1.807) is 0 Å². The molecular weight excluding hydrogens is 314 g/mol. The van der Waals surface area contributed by atoms with Gasteiger partial charge in [0.05, 0.1) is 5.69 Å². The summed E-state index contributed by atoms with van der Waals surface area (Å²) in [5.74, 6) is 2.83. The third-order valence-corrected chi connectivity index (χ3v) is 5.37. The van der Waals surface area contributed by atoms with Crippen molar-refractivity contribution < 1.29 is 4.74 Å². The maximum absolute atomic E-state index is 5.83. The second-order valence-corrected chi connectivity index (χ2v) is 7.43. The van der Waals surface area contributed by atoms with Crippen molar-refractivity contribution in [2.45, 2.75) is 58.8 Å². The monoisotopic (exact) mass is 341 g/mol. The molecule has 0 saturated heterocycles. The third-order valence-electron chi connectivity index (χ3n) is 5.37. The zero-order valence-electron chi connectivity index (χ0n) is 15.2. The van der Waals surface area contributed by atoms with Crippen LogP contribution >= 0.6 is 0 Å². The molecule has 2 aliphatic rings. The zero-order chi connectivity index (χ0) is 17.2. The number of aryl methyl sites for hydroxylation is 1. The van der Waals surface area contributed by atoms with Crippen LogP contribution in [0.2, 0.25) is 0 Å². The van der Waals surface area contributed by atoms with Gasteiger partial charge in [0.25, 0.3) is 0 Å². The third kappa shape index (κ3) is 3.90. The van der Waals surface area contributed by atoms with Gasteiger partial charge < -0.3 is 9.30 Å². The molecule has 2 aromatic heterocycles. The number of pyridine rings is 1. The van der Waals surface area contributed by atoms with E-state index < -0.39 is 0 Å². The Hall–Kier alpha value is -1.79. The van der Waals surface area contributed by atoms with E-state index in [1.807, 2.05) is 12.3 Å². The molecule has 1 saturated carbocycles. The Labute approximate surface area is 149 Å². The summed E-state index contributed by atoms with van der Waals surface area (Å²) < 4.78 is 8.09. The van der Waals surface area contributed by atoms with Gasteiger partial charge in [-0.1, -0.05) is 6.07 Å². The molecule has 0 amide bonds. The van der Waals surface area contributed by atoms with E-state index >= 15 is 0 Å². The Kier molecular flexibility index (Phi) is 4.81. The van der Waals surface area contributed by atoms with Gasteiger partial charge in [-0.2, -0.15) is 0 Å². The molecule has 0 bridgehead atoms. The predicted octanol–water partition coefficient (Wildman–Crippen LogP) is 2.35. The SMILES string of the molecule is Cc1cccnc1CN1CCn2c(COCC3CC3)nnc2CC1C. The summed E-state index contributed by atoms with van der Waals surface area (Å²) in [6, 6.07) is 4.56. The van der Waals surface area contributed by atoms with Crippen molar-refractivity contribution >= 4 is 0 Å². The number of rotatable bonds is 6. The molecule has 1 atom stereocenters. The minimum Gasteiger partial charge on any atom is -0.373 e. The summed E-state index contributed by atoms with van der Waals surface area (Å²) in [6.07, 6.45) is 5.44. The van der Waals surface area contributed by atoms with Crippen molar-refractivity contribution in [1.29, 1.82) is 0 Å². The molecule has 1 aliphatic carbocycles. The Morgan fingerprint density at radius 1 is 1.24 bits per heavy atom. The normalized spacial score (nSPS) is 21.1. The van der Waals surface area contributed by atoms with E-state index in [0.29, 0.717) is 12.6 Å². The lowest BCUT2D eigenvalue weighted by atomic mass is 10.1. The molecule has 1 unspecified atom stereocenters. The van der Waals surface area contributed by atoms with Gasteiger partial charge in [-0.3, -0.25) is 9.88 Å². The molecule has 0 N–H and O–H groups in total. The number of nitrogens with zero attached hydrogens (tertiary/aromatic N) is 5. The van der Waals surface area contributed by atoms with Gasteiger partial charge in [-0.15, -0.1) is 10.2 Å². The summed E-state index contributed by atoms with van der Waals surface area (Å²) in [5, 5.41) is 8.80. The van der Waals surface area contributed by atoms with Crippen LogP contribution in [0.4, 0.5) is 0 Å². The first kappa shape index (κ1) is 16.7. The van der Waals surface area contributed by atoms with Gasteiger partial charge >= 0.3 is 0 Å². The molecule has 1 aliphatic heterocycles. The Bertz CT molecular complexity index is 724. The van der Waals surface area contributed by atoms with Crippen molar-refractivity contribution in [2.24, 2.45) is 5.92 Å². The molecule has 0 radical (unpaired) electrons. The fraction of sp³-hybridized carbons (Fsp3) is 0.632. The van der Waals surface area contributed by atoms with E-state index in [9.17, 15) is 0 Å². The first-order valence-corrected chi connectivity index (χ1v) is 9.34. The maximum atomic E-state index is 5.83. The van der Waals surface area contributed by atoms with E-state index in [-0.39, 0.29) is 0 Å². The van der Waals surface area contributed by atoms with Crippen molar-refractivity contribution in [3.05, 3.63) is 41.2 Å². The van der Waals surface area contributed by atoms with Gasteiger partial charge in [-0.05, 0) is 44.2 Å². The standard InChI is InChI=1S/C19H27N5O/c1-14-4-3-7-20-17(14)11-23-8-9-24-18(10-15(23)2)21-22-19(24)13-25-12-16-5-6-16/h3-4,7,15-16H,5-6,8-13H2,1-2H3. The van der Waals surface area contributed by atoms with Crippen molar-refractivity contribution in [1.82, 2.24) is 24.6 Å². The van der Waals surface area contributed by atoms with Crippen molar-refractivity contribution in [3.63, 3.8) is 0 Å². The summed E-state index contributed by atoms with van der Waals surface area (Å²) in [7, 11) is 0. The van der Waals surface area contributed by atoms with Gasteiger partial charge in [0, 0.05) is 44.9 Å². The van der Waals surface area contributed by atoms with Gasteiger partial charge in [0.15, 0.2) is 5.82 Å². The maximum Gasteiger partial charge on any atom is 0.159 e. The average molecular weight is 341 g/mol. The topological polar surface area (TPSA) is 56.1 Å². The zero-order valence-corrected chi connectivity index (χ0v) is 15.2. The molecule has 0 spiro atoms. The average Bonchev–Trinajstić information content (AvgIpc) is 3.37. The molecule has 0 aromatic carbocycles. The first-order valence-electron chi connectivity index (χ1n) is 9.34. The number of aromatic nitrogens is 4. The molecule has 25 heavy (non-hydrogen) atoms. The van der Waals surface area contributed by atoms with E-state index in [0.717, 1.165) is 50.2 Å². The van der Waals surface area contributed by atoms with Crippen LogP contribution in [0.3, 0.4) is 0 Å². The predicted molar refractivity (Wildman–Crippen MR) is 95.0 cm³/mol. The van der Waals surface area contributed by atoms with Crippen LogP contribution in [0.1, 0.15) is 42.7 Å². The van der Waals surface area contributed by atoms with Crippen LogP contribution in [0, 0.1) is 12.8 Å². The van der Waals surface area contributed by atoms with Crippen LogP contribution in [0.5, 0.6) is 0 Å². The van der Waals surface area contributed by atoms with Crippen molar-refractivity contribution in [2.75, 3.05) is 13.2 Å². The van der Waals surface area contributed by atoms with Crippen molar-refractivity contribution in [3.8, 4) is 0 Å². The van der Waals surface area contributed by atoms with E-state index in [1.165, 1.54) is 24.1 Å². The van der Waals surface area contributed by atoms with Crippen LogP contribution in [0.25, 0.3) is 0 Å².